The Balaban J connectivity index is 2.98. The van der Waals surface area contributed by atoms with Gasteiger partial charge in [-0.25, -0.2) is 4.79 Å². The molecule has 104 valence electrons. The Labute approximate surface area is 112 Å². The van der Waals surface area contributed by atoms with Gasteiger partial charge in [0.05, 0.1) is 6.61 Å². The van der Waals surface area contributed by atoms with Crippen LogP contribution >= 0.6 is 0 Å². The summed E-state index contributed by atoms with van der Waals surface area (Å²) in [5, 5.41) is 11.7. The molecular weight excluding hydrogens is 246 g/mol. The number of carbonyl (C=O) groups is 1. The second-order valence-corrected chi connectivity index (χ2v) is 3.75. The van der Waals surface area contributed by atoms with Crippen LogP contribution in [0.15, 0.2) is 24.3 Å². The second kappa shape index (κ2) is 8.16. The lowest BCUT2D eigenvalue weighted by Gasteiger charge is -2.13. The average molecular weight is 265 g/mol. The minimum Gasteiger partial charge on any atom is -0.490 e. The fourth-order valence-corrected chi connectivity index (χ4v) is 1.53. The van der Waals surface area contributed by atoms with E-state index in [9.17, 15) is 4.79 Å². The Morgan fingerprint density at radius 3 is 2.84 bits per heavy atom. The number of carboxylic acids is 1. The fraction of sp³-hybridized carbons (Fsp3) is 0.357. The van der Waals surface area contributed by atoms with Crippen molar-refractivity contribution in [3.63, 3.8) is 0 Å². The van der Waals surface area contributed by atoms with Gasteiger partial charge in [-0.2, -0.15) is 0 Å². The molecule has 0 spiro atoms. The van der Waals surface area contributed by atoms with E-state index in [-0.39, 0.29) is 0 Å². The van der Waals surface area contributed by atoms with E-state index in [4.69, 9.17) is 14.6 Å². The highest BCUT2D eigenvalue weighted by molar-refractivity contribution is 5.69. The van der Waals surface area contributed by atoms with Crippen molar-refractivity contribution in [1.29, 1.82) is 0 Å². The number of ether oxygens (including phenoxy) is 2. The van der Waals surface area contributed by atoms with E-state index >= 15 is 0 Å². The highest BCUT2D eigenvalue weighted by atomic mass is 16.5. The van der Waals surface area contributed by atoms with Gasteiger partial charge in [-0.15, -0.1) is 0 Å². The van der Waals surface area contributed by atoms with Crippen LogP contribution < -0.4 is 14.8 Å². The van der Waals surface area contributed by atoms with E-state index in [1.165, 1.54) is 0 Å². The zero-order chi connectivity index (χ0) is 14.1. The van der Waals surface area contributed by atoms with Crippen LogP contribution in [-0.2, 0) is 4.79 Å². The van der Waals surface area contributed by atoms with E-state index in [2.05, 4.69) is 5.32 Å². The molecule has 0 saturated heterocycles. The number of para-hydroxylation sites is 1. The van der Waals surface area contributed by atoms with Gasteiger partial charge in [0.2, 0.25) is 0 Å². The number of aliphatic carboxylic acids is 1. The quantitative estimate of drug-likeness (QED) is 0.750. The maximum atomic E-state index is 10.6. The molecule has 0 bridgehead atoms. The summed E-state index contributed by atoms with van der Waals surface area (Å²) in [5.74, 6) is -0.00841. The van der Waals surface area contributed by atoms with Crippen LogP contribution in [-0.4, -0.2) is 37.9 Å². The molecule has 1 rings (SSSR count). The lowest BCUT2D eigenvalue weighted by Crippen LogP contribution is -2.11. The number of carboxylic acid groups (broad SMARTS) is 1. The average Bonchev–Trinajstić information content (AvgIpc) is 2.38. The summed E-state index contributed by atoms with van der Waals surface area (Å²) in [6.07, 6.45) is 3.80. The van der Waals surface area contributed by atoms with Gasteiger partial charge in [0.1, 0.15) is 0 Å². The Kier molecular flexibility index (Phi) is 6.46. The fourth-order valence-electron chi connectivity index (χ4n) is 1.53. The van der Waals surface area contributed by atoms with Gasteiger partial charge in [0.15, 0.2) is 18.1 Å². The summed E-state index contributed by atoms with van der Waals surface area (Å²) >= 11 is 0. The molecule has 0 aliphatic heterocycles. The first kappa shape index (κ1) is 15.0. The van der Waals surface area contributed by atoms with Crippen LogP contribution in [0.25, 0.3) is 6.08 Å². The third-order valence-electron chi connectivity index (χ3n) is 2.27. The maximum absolute atomic E-state index is 10.6. The normalized spacial score (nSPS) is 10.6. The molecule has 0 saturated carbocycles. The van der Waals surface area contributed by atoms with Crippen molar-refractivity contribution < 1.29 is 19.4 Å². The van der Waals surface area contributed by atoms with Gasteiger partial charge in [-0.05, 0) is 20.0 Å². The van der Waals surface area contributed by atoms with Gasteiger partial charge >= 0.3 is 5.97 Å². The largest absolute Gasteiger partial charge is 0.490 e. The first-order chi connectivity index (χ1) is 9.19. The van der Waals surface area contributed by atoms with Gasteiger partial charge in [-0.1, -0.05) is 24.3 Å². The zero-order valence-electron chi connectivity index (χ0n) is 11.2. The van der Waals surface area contributed by atoms with Crippen LogP contribution in [0.5, 0.6) is 11.5 Å². The monoisotopic (exact) mass is 265 g/mol. The summed E-state index contributed by atoms with van der Waals surface area (Å²) in [7, 11) is 1.85. The van der Waals surface area contributed by atoms with Crippen LogP contribution in [0.4, 0.5) is 0 Å². The van der Waals surface area contributed by atoms with Crippen molar-refractivity contribution >= 4 is 12.0 Å². The van der Waals surface area contributed by atoms with Gasteiger partial charge in [-0.3, -0.25) is 0 Å². The molecule has 0 aromatic heterocycles. The lowest BCUT2D eigenvalue weighted by molar-refractivity contribution is -0.139. The van der Waals surface area contributed by atoms with E-state index in [0.29, 0.717) is 18.1 Å². The van der Waals surface area contributed by atoms with E-state index < -0.39 is 12.6 Å². The SMILES string of the molecule is CCOc1cccc(C=CCNC)c1OCC(=O)O. The number of likely N-dealkylation sites (N-methyl/N-ethyl adjacent to an activating group) is 1. The lowest BCUT2D eigenvalue weighted by atomic mass is 10.1. The first-order valence-corrected chi connectivity index (χ1v) is 6.10. The topological polar surface area (TPSA) is 67.8 Å². The molecule has 0 radical (unpaired) electrons. The third kappa shape index (κ3) is 5.01. The zero-order valence-corrected chi connectivity index (χ0v) is 11.2. The van der Waals surface area contributed by atoms with Crippen LogP contribution in [0, 0.1) is 0 Å². The van der Waals surface area contributed by atoms with Crippen molar-refractivity contribution in [2.24, 2.45) is 0 Å². The smallest absolute Gasteiger partial charge is 0.341 e. The molecule has 1 aromatic carbocycles. The Morgan fingerprint density at radius 1 is 1.42 bits per heavy atom. The summed E-state index contributed by atoms with van der Waals surface area (Å²) in [4.78, 5) is 10.6. The molecule has 0 fully saturated rings. The molecule has 0 amide bonds. The molecule has 2 N–H and O–H groups in total. The van der Waals surface area contributed by atoms with Crippen molar-refractivity contribution in [3.05, 3.63) is 29.8 Å². The van der Waals surface area contributed by atoms with E-state index in [1.807, 2.05) is 38.3 Å². The van der Waals surface area contributed by atoms with E-state index in [0.717, 1.165) is 12.1 Å². The highest BCUT2D eigenvalue weighted by Gasteiger charge is 2.10. The molecule has 0 unspecified atom stereocenters. The van der Waals surface area contributed by atoms with Crippen LogP contribution in [0.2, 0.25) is 0 Å². The molecule has 5 heteroatoms. The second-order valence-electron chi connectivity index (χ2n) is 3.75. The minimum atomic E-state index is -1.02. The van der Waals surface area contributed by atoms with Crippen LogP contribution in [0.3, 0.4) is 0 Å². The first-order valence-electron chi connectivity index (χ1n) is 6.10. The number of nitrogens with one attached hydrogen (secondary N) is 1. The number of benzene rings is 1. The Bertz CT molecular complexity index is 443. The molecule has 0 atom stereocenters. The van der Waals surface area contributed by atoms with E-state index in [1.54, 1.807) is 6.07 Å². The molecule has 19 heavy (non-hydrogen) atoms. The molecule has 0 heterocycles. The summed E-state index contributed by atoms with van der Waals surface area (Å²) in [6.45, 7) is 2.69. The Morgan fingerprint density at radius 2 is 2.21 bits per heavy atom. The number of hydrogen-bond donors (Lipinski definition) is 2. The molecular formula is C14H19NO4. The maximum Gasteiger partial charge on any atom is 0.341 e. The number of hydrogen-bond acceptors (Lipinski definition) is 4. The summed E-state index contributed by atoms with van der Waals surface area (Å²) < 4.78 is 10.8. The van der Waals surface area contributed by atoms with Crippen molar-refractivity contribution in [3.8, 4) is 11.5 Å². The number of rotatable bonds is 8. The molecule has 0 aliphatic rings. The van der Waals surface area contributed by atoms with Crippen LogP contribution in [0.1, 0.15) is 12.5 Å². The standard InChI is InChI=1S/C14H19NO4/c1-3-18-12-8-4-6-11(7-5-9-15-2)14(12)19-10-13(16)17/h4-8,15H,3,9-10H2,1-2H3,(H,16,17). The molecule has 5 nitrogen and oxygen atoms in total. The predicted octanol–water partition coefficient (Wildman–Crippen LogP) is 1.78. The van der Waals surface area contributed by atoms with Gasteiger partial charge in [0.25, 0.3) is 0 Å². The minimum absolute atomic E-state index is 0.392. The Hall–Kier alpha value is -2.01. The van der Waals surface area contributed by atoms with Crippen molar-refractivity contribution in [1.82, 2.24) is 5.32 Å². The predicted molar refractivity (Wildman–Crippen MR) is 73.7 cm³/mol. The molecule has 1 aromatic rings. The highest BCUT2D eigenvalue weighted by Crippen LogP contribution is 2.32. The van der Waals surface area contributed by atoms with Crippen molar-refractivity contribution in [2.45, 2.75) is 6.92 Å². The third-order valence-corrected chi connectivity index (χ3v) is 2.27. The van der Waals surface area contributed by atoms with Crippen molar-refractivity contribution in [2.75, 3.05) is 26.8 Å². The van der Waals surface area contributed by atoms with Gasteiger partial charge in [0, 0.05) is 12.1 Å². The summed E-state index contributed by atoms with van der Waals surface area (Å²) in [5.41, 5.74) is 0.794. The van der Waals surface area contributed by atoms with Gasteiger partial charge < -0.3 is 19.9 Å². The molecule has 0 aliphatic carbocycles. The summed E-state index contributed by atoms with van der Waals surface area (Å²) in [6, 6.07) is 5.46.